The van der Waals surface area contributed by atoms with Gasteiger partial charge in [-0.2, -0.15) is 11.3 Å². The molecular formula is C28H32O2S2. The second-order valence-corrected chi connectivity index (χ2v) is 10.7. The van der Waals surface area contributed by atoms with Crippen molar-refractivity contribution in [2.75, 3.05) is 13.7 Å². The summed E-state index contributed by atoms with van der Waals surface area (Å²) in [5.41, 5.74) is 3.85. The Kier molecular flexibility index (Phi) is 9.17. The molecule has 0 fully saturated rings. The largest absolute Gasteiger partial charge is 0.488 e. The van der Waals surface area contributed by atoms with E-state index in [1.54, 1.807) is 29.8 Å². The molecule has 0 N–H and O–H groups in total. The van der Waals surface area contributed by atoms with Crippen LogP contribution in [0.1, 0.15) is 37.6 Å². The van der Waals surface area contributed by atoms with E-state index in [1.165, 1.54) is 21.6 Å². The SMILES string of the molecule is COCC(CC=CC#CC(C)(C)C)Cc1cccc(OCc2cc(-c3ccsc3)cs2)c1. The Morgan fingerprint density at radius 1 is 1.09 bits per heavy atom. The Balaban J connectivity index is 1.55. The van der Waals surface area contributed by atoms with E-state index in [9.17, 15) is 0 Å². The number of allylic oxidation sites excluding steroid dienone is 2. The molecule has 3 aromatic rings. The molecule has 2 nitrogen and oxygen atoms in total. The molecule has 2 heterocycles. The van der Waals surface area contributed by atoms with Crippen LogP contribution in [-0.2, 0) is 17.8 Å². The van der Waals surface area contributed by atoms with Crippen LogP contribution in [0.15, 0.2) is 64.7 Å². The molecule has 1 atom stereocenters. The number of ether oxygens (including phenoxy) is 2. The van der Waals surface area contributed by atoms with Crippen molar-refractivity contribution in [2.24, 2.45) is 11.3 Å². The summed E-state index contributed by atoms with van der Waals surface area (Å²) >= 11 is 3.47. The van der Waals surface area contributed by atoms with Gasteiger partial charge in [-0.05, 0) is 103 Å². The zero-order valence-corrected chi connectivity index (χ0v) is 21.0. The van der Waals surface area contributed by atoms with Gasteiger partial charge in [-0.1, -0.05) is 30.0 Å². The van der Waals surface area contributed by atoms with Gasteiger partial charge in [-0.3, -0.25) is 0 Å². The van der Waals surface area contributed by atoms with Gasteiger partial charge in [0.05, 0.1) is 0 Å². The quantitative estimate of drug-likeness (QED) is 0.284. The van der Waals surface area contributed by atoms with Crippen LogP contribution in [0, 0.1) is 23.2 Å². The maximum atomic E-state index is 6.10. The number of rotatable bonds is 10. The Labute approximate surface area is 200 Å². The van der Waals surface area contributed by atoms with Gasteiger partial charge in [0.15, 0.2) is 0 Å². The lowest BCUT2D eigenvalue weighted by Gasteiger charge is -2.15. The van der Waals surface area contributed by atoms with Crippen LogP contribution in [0.4, 0.5) is 0 Å². The molecular weight excluding hydrogens is 432 g/mol. The van der Waals surface area contributed by atoms with Crippen LogP contribution in [0.25, 0.3) is 11.1 Å². The van der Waals surface area contributed by atoms with Crippen molar-refractivity contribution in [1.29, 1.82) is 0 Å². The second-order valence-electron chi connectivity index (χ2n) is 8.93. The summed E-state index contributed by atoms with van der Waals surface area (Å²) in [6.07, 6.45) is 6.02. The molecule has 1 aromatic carbocycles. The Morgan fingerprint density at radius 3 is 2.72 bits per heavy atom. The van der Waals surface area contributed by atoms with E-state index < -0.39 is 0 Å². The van der Waals surface area contributed by atoms with Crippen molar-refractivity contribution in [2.45, 2.75) is 40.2 Å². The number of hydrogen-bond acceptors (Lipinski definition) is 4. The lowest BCUT2D eigenvalue weighted by atomic mass is 9.96. The second kappa shape index (κ2) is 12.1. The van der Waals surface area contributed by atoms with Gasteiger partial charge in [0, 0.05) is 24.0 Å². The molecule has 0 aliphatic heterocycles. The highest BCUT2D eigenvalue weighted by atomic mass is 32.1. The lowest BCUT2D eigenvalue weighted by molar-refractivity contribution is 0.153. The Morgan fingerprint density at radius 2 is 1.97 bits per heavy atom. The van der Waals surface area contributed by atoms with Crippen molar-refractivity contribution >= 4 is 22.7 Å². The number of thiophene rings is 2. The smallest absolute Gasteiger partial charge is 0.122 e. The van der Waals surface area contributed by atoms with E-state index in [2.05, 4.69) is 85.2 Å². The van der Waals surface area contributed by atoms with E-state index in [-0.39, 0.29) is 5.41 Å². The van der Waals surface area contributed by atoms with Gasteiger partial charge in [0.1, 0.15) is 12.4 Å². The van der Waals surface area contributed by atoms with E-state index in [0.717, 1.165) is 25.2 Å². The molecule has 32 heavy (non-hydrogen) atoms. The first-order valence-corrected chi connectivity index (χ1v) is 12.7. The molecule has 0 aliphatic rings. The highest BCUT2D eigenvalue weighted by molar-refractivity contribution is 7.10. The first-order chi connectivity index (χ1) is 15.4. The Bertz CT molecular complexity index is 1040. The third-order valence-corrected chi connectivity index (χ3v) is 6.43. The van der Waals surface area contributed by atoms with Crippen LogP contribution in [0.5, 0.6) is 5.75 Å². The summed E-state index contributed by atoms with van der Waals surface area (Å²) in [5.74, 6) is 7.71. The lowest BCUT2D eigenvalue weighted by Crippen LogP contribution is -2.10. The van der Waals surface area contributed by atoms with Crippen molar-refractivity contribution in [3.63, 3.8) is 0 Å². The first kappa shape index (κ1) is 24.3. The monoisotopic (exact) mass is 464 g/mol. The standard InChI is InChI=1S/C28H32O2S2/c1-28(2,3)13-7-5-6-9-23(18-29-4)15-22-10-8-11-26(16-22)30-19-27-17-25(21-32-27)24-12-14-31-20-24/h5-6,8,10-12,14,16-17,20-21,23H,9,15,18-19H2,1-4H3. The summed E-state index contributed by atoms with van der Waals surface area (Å²) in [5, 5.41) is 6.49. The molecule has 0 bridgehead atoms. The number of hydrogen-bond donors (Lipinski definition) is 0. The highest BCUT2D eigenvalue weighted by Gasteiger charge is 2.10. The van der Waals surface area contributed by atoms with Gasteiger partial charge < -0.3 is 9.47 Å². The van der Waals surface area contributed by atoms with Crippen molar-refractivity contribution < 1.29 is 9.47 Å². The number of benzene rings is 1. The maximum absolute atomic E-state index is 6.10. The van der Waals surface area contributed by atoms with Crippen LogP contribution in [0.3, 0.4) is 0 Å². The first-order valence-electron chi connectivity index (χ1n) is 10.9. The molecule has 4 heteroatoms. The molecule has 0 aliphatic carbocycles. The molecule has 0 radical (unpaired) electrons. The molecule has 3 rings (SSSR count). The summed E-state index contributed by atoms with van der Waals surface area (Å²) < 4.78 is 11.6. The van der Waals surface area contributed by atoms with Gasteiger partial charge in [0.25, 0.3) is 0 Å². The molecule has 2 aromatic heterocycles. The fourth-order valence-electron chi connectivity index (χ4n) is 3.31. The minimum Gasteiger partial charge on any atom is -0.488 e. The van der Waals surface area contributed by atoms with Crippen molar-refractivity contribution in [3.05, 3.63) is 75.1 Å². The molecule has 0 amide bonds. The third kappa shape index (κ3) is 8.31. The predicted octanol–water partition coefficient (Wildman–Crippen LogP) is 7.86. The molecule has 168 valence electrons. The summed E-state index contributed by atoms with van der Waals surface area (Å²) in [6.45, 7) is 7.69. The highest BCUT2D eigenvalue weighted by Crippen LogP contribution is 2.28. The predicted molar refractivity (Wildman–Crippen MR) is 138 cm³/mol. The van der Waals surface area contributed by atoms with Crippen LogP contribution >= 0.6 is 22.7 Å². The van der Waals surface area contributed by atoms with E-state index in [1.807, 2.05) is 12.1 Å². The molecule has 1 unspecified atom stereocenters. The van der Waals surface area contributed by atoms with Gasteiger partial charge in [-0.25, -0.2) is 0 Å². The van der Waals surface area contributed by atoms with Crippen molar-refractivity contribution in [1.82, 2.24) is 0 Å². The average Bonchev–Trinajstić information content (AvgIpc) is 3.43. The maximum Gasteiger partial charge on any atom is 0.122 e. The zero-order chi connectivity index (χ0) is 22.8. The van der Waals surface area contributed by atoms with E-state index in [0.29, 0.717) is 12.5 Å². The van der Waals surface area contributed by atoms with Crippen LogP contribution in [0.2, 0.25) is 0 Å². The van der Waals surface area contributed by atoms with E-state index in [4.69, 9.17) is 9.47 Å². The van der Waals surface area contributed by atoms with Crippen LogP contribution in [-0.4, -0.2) is 13.7 Å². The topological polar surface area (TPSA) is 18.5 Å². The summed E-state index contributed by atoms with van der Waals surface area (Å²) in [4.78, 5) is 1.23. The van der Waals surface area contributed by atoms with E-state index >= 15 is 0 Å². The average molecular weight is 465 g/mol. The minimum atomic E-state index is 0.0330. The summed E-state index contributed by atoms with van der Waals surface area (Å²) in [7, 11) is 1.76. The normalized spacial score (nSPS) is 12.5. The van der Waals surface area contributed by atoms with Crippen LogP contribution < -0.4 is 4.74 Å². The molecule has 0 saturated carbocycles. The fraction of sp³-hybridized carbons (Fsp3) is 0.357. The molecule has 0 saturated heterocycles. The minimum absolute atomic E-state index is 0.0330. The third-order valence-electron chi connectivity index (χ3n) is 4.83. The Hall–Kier alpha value is -2.32. The van der Waals surface area contributed by atoms with Gasteiger partial charge in [-0.15, -0.1) is 11.3 Å². The van der Waals surface area contributed by atoms with Gasteiger partial charge in [0.2, 0.25) is 0 Å². The van der Waals surface area contributed by atoms with Crippen molar-refractivity contribution in [3.8, 4) is 28.7 Å². The zero-order valence-electron chi connectivity index (χ0n) is 19.4. The molecule has 0 spiro atoms. The summed E-state index contributed by atoms with van der Waals surface area (Å²) in [6, 6.07) is 12.8. The van der Waals surface area contributed by atoms with Gasteiger partial charge >= 0.3 is 0 Å². The number of methoxy groups -OCH3 is 1. The fourth-order valence-corrected chi connectivity index (χ4v) is 4.78.